The predicted molar refractivity (Wildman–Crippen MR) is 75.0 cm³/mol. The molecule has 110 valence electrons. The number of nitrogens with zero attached hydrogens (tertiary/aromatic N) is 1. The number of imide groups is 1. The number of amides is 2. The average molecular weight is 288 g/mol. The van der Waals surface area contributed by atoms with Crippen LogP contribution >= 0.6 is 0 Å². The molecular weight excluding hydrogens is 272 g/mol. The highest BCUT2D eigenvalue weighted by atomic mass is 16.5. The van der Waals surface area contributed by atoms with Crippen LogP contribution in [0.1, 0.15) is 33.6 Å². The van der Waals surface area contributed by atoms with E-state index in [1.165, 1.54) is 14.2 Å². The summed E-state index contributed by atoms with van der Waals surface area (Å²) >= 11 is 0. The van der Waals surface area contributed by atoms with Crippen molar-refractivity contribution in [1.82, 2.24) is 4.90 Å². The first-order valence-corrected chi connectivity index (χ1v) is 6.83. The van der Waals surface area contributed by atoms with Crippen LogP contribution in [-0.2, 0) is 9.53 Å². The minimum absolute atomic E-state index is 0.269. The van der Waals surface area contributed by atoms with Crippen LogP contribution in [0.3, 0.4) is 0 Å². The van der Waals surface area contributed by atoms with Crippen molar-refractivity contribution in [2.45, 2.75) is 18.9 Å². The Morgan fingerprint density at radius 1 is 1.29 bits per heavy atom. The second kappa shape index (κ2) is 4.87. The minimum Gasteiger partial charge on any atom is -0.467 e. The molecule has 1 aromatic rings. The number of nitrogens with one attached hydrogen (secondary N) is 1. The van der Waals surface area contributed by atoms with E-state index in [9.17, 15) is 14.4 Å². The molecule has 1 atom stereocenters. The lowest BCUT2D eigenvalue weighted by Gasteiger charge is -2.17. The van der Waals surface area contributed by atoms with Crippen molar-refractivity contribution in [3.63, 3.8) is 0 Å². The number of carbonyl (C=O) groups excluding carboxylic acids is 3. The van der Waals surface area contributed by atoms with Gasteiger partial charge in [-0.05, 0) is 37.0 Å². The molecule has 0 bridgehead atoms. The smallest absolute Gasteiger partial charge is 0.328 e. The number of hydrogen-bond donors (Lipinski definition) is 1. The Kier molecular flexibility index (Phi) is 3.16. The van der Waals surface area contributed by atoms with Gasteiger partial charge in [0.05, 0.1) is 18.2 Å². The van der Waals surface area contributed by atoms with E-state index in [1.807, 2.05) is 0 Å². The number of esters is 1. The number of methoxy groups -OCH3 is 1. The minimum atomic E-state index is -0.405. The van der Waals surface area contributed by atoms with Crippen LogP contribution in [0.5, 0.6) is 0 Å². The summed E-state index contributed by atoms with van der Waals surface area (Å²) in [6, 6.07) is 4.54. The van der Waals surface area contributed by atoms with Crippen molar-refractivity contribution in [1.29, 1.82) is 0 Å². The molecular formula is C15H16N2O4. The van der Waals surface area contributed by atoms with Crippen LogP contribution in [0.15, 0.2) is 18.2 Å². The first-order valence-electron chi connectivity index (χ1n) is 6.83. The topological polar surface area (TPSA) is 75.7 Å². The maximum Gasteiger partial charge on any atom is 0.328 e. The van der Waals surface area contributed by atoms with E-state index in [-0.39, 0.29) is 23.7 Å². The molecule has 1 aliphatic heterocycles. The monoisotopic (exact) mass is 288 g/mol. The molecule has 1 aromatic carbocycles. The maximum absolute atomic E-state index is 12.0. The summed E-state index contributed by atoms with van der Waals surface area (Å²) in [5.74, 6) is -0.656. The van der Waals surface area contributed by atoms with E-state index in [0.29, 0.717) is 16.8 Å². The molecule has 6 nitrogen and oxygen atoms in total. The molecule has 1 aliphatic carbocycles. The quantitative estimate of drug-likeness (QED) is 0.667. The molecule has 21 heavy (non-hydrogen) atoms. The van der Waals surface area contributed by atoms with Crippen LogP contribution in [0, 0.1) is 5.92 Å². The molecule has 2 aliphatic rings. The van der Waals surface area contributed by atoms with Crippen molar-refractivity contribution in [3.05, 3.63) is 29.3 Å². The van der Waals surface area contributed by atoms with Crippen LogP contribution < -0.4 is 5.32 Å². The first kappa shape index (κ1) is 13.6. The zero-order chi connectivity index (χ0) is 15.1. The average Bonchev–Trinajstić information content (AvgIpc) is 3.31. The Morgan fingerprint density at radius 2 is 1.95 bits per heavy atom. The van der Waals surface area contributed by atoms with Gasteiger partial charge in [-0.25, -0.2) is 4.79 Å². The second-order valence-electron chi connectivity index (χ2n) is 5.41. The van der Waals surface area contributed by atoms with E-state index in [1.54, 1.807) is 18.2 Å². The van der Waals surface area contributed by atoms with E-state index in [4.69, 9.17) is 4.74 Å². The zero-order valence-corrected chi connectivity index (χ0v) is 11.9. The van der Waals surface area contributed by atoms with Gasteiger partial charge in [0.2, 0.25) is 0 Å². The van der Waals surface area contributed by atoms with Crippen molar-refractivity contribution in [2.75, 3.05) is 19.5 Å². The number of benzene rings is 1. The number of fused-ring (bicyclic) bond motifs is 1. The molecule has 0 radical (unpaired) electrons. The summed E-state index contributed by atoms with van der Waals surface area (Å²) in [5.41, 5.74) is 1.41. The Balaban J connectivity index is 1.86. The molecule has 1 unspecified atom stereocenters. The van der Waals surface area contributed by atoms with Gasteiger partial charge >= 0.3 is 5.97 Å². The molecule has 3 rings (SSSR count). The van der Waals surface area contributed by atoms with E-state index < -0.39 is 6.04 Å². The Labute approximate surface area is 122 Å². The van der Waals surface area contributed by atoms with E-state index in [2.05, 4.69) is 5.32 Å². The maximum atomic E-state index is 12.0. The lowest BCUT2D eigenvalue weighted by Crippen LogP contribution is -2.32. The number of anilines is 1. The normalized spacial score (nSPS) is 18.5. The standard InChI is InChI=1S/C15H16N2O4/c1-17-13(18)10-6-5-9(7-11(10)14(17)19)16-12(8-3-4-8)15(20)21-2/h5-8,12,16H,3-4H2,1-2H3. The molecule has 0 spiro atoms. The molecule has 1 saturated carbocycles. The summed E-state index contributed by atoms with van der Waals surface area (Å²) in [4.78, 5) is 36.7. The Hall–Kier alpha value is -2.37. The van der Waals surface area contributed by atoms with Gasteiger partial charge in [0.25, 0.3) is 11.8 Å². The summed E-state index contributed by atoms with van der Waals surface area (Å²) in [5, 5.41) is 3.11. The number of ether oxygens (including phenoxy) is 1. The van der Waals surface area contributed by atoms with Crippen molar-refractivity contribution in [2.24, 2.45) is 5.92 Å². The van der Waals surface area contributed by atoms with Crippen molar-refractivity contribution >= 4 is 23.5 Å². The van der Waals surface area contributed by atoms with Gasteiger partial charge in [-0.1, -0.05) is 0 Å². The lowest BCUT2D eigenvalue weighted by atomic mass is 10.1. The third-order valence-corrected chi connectivity index (χ3v) is 3.96. The second-order valence-corrected chi connectivity index (χ2v) is 5.41. The van der Waals surface area contributed by atoms with Crippen molar-refractivity contribution < 1.29 is 19.1 Å². The van der Waals surface area contributed by atoms with Gasteiger partial charge < -0.3 is 10.1 Å². The van der Waals surface area contributed by atoms with Gasteiger partial charge in [0, 0.05) is 12.7 Å². The largest absolute Gasteiger partial charge is 0.467 e. The molecule has 1 fully saturated rings. The number of carbonyl (C=O) groups is 3. The van der Waals surface area contributed by atoms with Gasteiger partial charge in [0.1, 0.15) is 6.04 Å². The van der Waals surface area contributed by atoms with Crippen LogP contribution in [0.25, 0.3) is 0 Å². The molecule has 0 aromatic heterocycles. The van der Waals surface area contributed by atoms with Gasteiger partial charge in [-0.2, -0.15) is 0 Å². The zero-order valence-electron chi connectivity index (χ0n) is 11.9. The fraction of sp³-hybridized carbons (Fsp3) is 0.400. The molecule has 1 N–H and O–H groups in total. The highest BCUT2D eigenvalue weighted by Crippen LogP contribution is 2.35. The van der Waals surface area contributed by atoms with Gasteiger partial charge in [-0.3, -0.25) is 14.5 Å². The highest BCUT2D eigenvalue weighted by molar-refractivity contribution is 6.21. The molecule has 2 amide bonds. The third kappa shape index (κ3) is 2.26. The fourth-order valence-electron chi connectivity index (χ4n) is 2.56. The SMILES string of the molecule is COC(=O)C(Nc1ccc2c(c1)C(=O)N(C)C2=O)C1CC1. The van der Waals surface area contributed by atoms with Crippen LogP contribution in [0.2, 0.25) is 0 Å². The first-order chi connectivity index (χ1) is 10.0. The third-order valence-electron chi connectivity index (χ3n) is 3.96. The number of hydrogen-bond acceptors (Lipinski definition) is 5. The summed E-state index contributed by atoms with van der Waals surface area (Å²) in [6.07, 6.45) is 1.97. The predicted octanol–water partition coefficient (Wildman–Crippen LogP) is 1.28. The summed E-state index contributed by atoms with van der Waals surface area (Å²) < 4.78 is 4.80. The van der Waals surface area contributed by atoms with Gasteiger partial charge in [0.15, 0.2) is 0 Å². The van der Waals surface area contributed by atoms with E-state index in [0.717, 1.165) is 17.7 Å². The fourth-order valence-corrected chi connectivity index (χ4v) is 2.56. The van der Waals surface area contributed by atoms with Crippen LogP contribution in [-0.4, -0.2) is 42.9 Å². The molecule has 1 heterocycles. The highest BCUT2D eigenvalue weighted by Gasteiger charge is 2.38. The molecule has 6 heteroatoms. The summed E-state index contributed by atoms with van der Waals surface area (Å²) in [6.45, 7) is 0. The Bertz CT molecular complexity index is 637. The molecule has 0 saturated heterocycles. The Morgan fingerprint density at radius 3 is 2.57 bits per heavy atom. The lowest BCUT2D eigenvalue weighted by molar-refractivity contribution is -0.142. The summed E-state index contributed by atoms with van der Waals surface area (Å²) in [7, 11) is 2.82. The van der Waals surface area contributed by atoms with E-state index >= 15 is 0 Å². The number of rotatable bonds is 4. The van der Waals surface area contributed by atoms with Gasteiger partial charge in [-0.15, -0.1) is 0 Å². The van der Waals surface area contributed by atoms with Crippen LogP contribution in [0.4, 0.5) is 5.69 Å². The van der Waals surface area contributed by atoms with Crippen molar-refractivity contribution in [3.8, 4) is 0 Å².